The van der Waals surface area contributed by atoms with Crippen molar-refractivity contribution in [1.82, 2.24) is 4.98 Å². The van der Waals surface area contributed by atoms with E-state index in [4.69, 9.17) is 11.6 Å². The van der Waals surface area contributed by atoms with Crippen LogP contribution in [0.1, 0.15) is 9.67 Å². The summed E-state index contributed by atoms with van der Waals surface area (Å²) in [5.41, 5.74) is 0.646. The Bertz CT molecular complexity index is 558. The monoisotopic (exact) mass is 270 g/mol. The van der Waals surface area contributed by atoms with E-state index < -0.39 is 0 Å². The molecule has 0 aliphatic rings. The molecule has 0 aliphatic heterocycles. The summed E-state index contributed by atoms with van der Waals surface area (Å²) in [5.74, 6) is -0.326. The molecule has 1 heterocycles. The topological polar surface area (TPSA) is 33.2 Å². The van der Waals surface area contributed by atoms with Crippen LogP contribution in [0.2, 0.25) is 5.15 Å². The summed E-state index contributed by atoms with van der Waals surface area (Å²) in [6.45, 7) is 0. The van der Waals surface area contributed by atoms with Gasteiger partial charge in [-0.05, 0) is 18.2 Å². The molecule has 6 heteroatoms. The normalized spacial score (nSPS) is 10.3. The summed E-state index contributed by atoms with van der Waals surface area (Å²) in [4.78, 5) is 16.7. The summed E-state index contributed by atoms with van der Waals surface area (Å²) < 4.78 is 13.1. The Hall–Kier alpha value is -1.46. The highest BCUT2D eigenvalue weighted by Crippen LogP contribution is 2.31. The second-order valence-electron chi connectivity index (χ2n) is 3.31. The molecule has 3 nitrogen and oxygen atoms in total. The van der Waals surface area contributed by atoms with Gasteiger partial charge in [0.2, 0.25) is 0 Å². The Morgan fingerprint density at radius 1 is 1.53 bits per heavy atom. The van der Waals surface area contributed by atoms with Crippen LogP contribution in [-0.4, -0.2) is 18.3 Å². The number of thiazole rings is 1. The number of halogens is 2. The largest absolute Gasteiger partial charge is 0.321 e. The van der Waals surface area contributed by atoms with E-state index in [1.165, 1.54) is 12.1 Å². The molecule has 0 saturated heterocycles. The fraction of sp³-hybridized carbons (Fsp3) is 0.0909. The minimum atomic E-state index is -0.326. The number of benzene rings is 1. The molecule has 0 amide bonds. The predicted octanol–water partition coefficient (Wildman–Crippen LogP) is 3.52. The van der Waals surface area contributed by atoms with Crippen LogP contribution in [0.4, 0.5) is 15.2 Å². The zero-order valence-electron chi connectivity index (χ0n) is 8.85. The third kappa shape index (κ3) is 2.45. The number of aldehydes is 1. The summed E-state index contributed by atoms with van der Waals surface area (Å²) in [6.07, 6.45) is 0.656. The first-order chi connectivity index (χ1) is 8.11. The lowest BCUT2D eigenvalue weighted by Crippen LogP contribution is -2.08. The van der Waals surface area contributed by atoms with Crippen LogP contribution in [0.25, 0.3) is 0 Å². The lowest BCUT2D eigenvalue weighted by atomic mass is 10.3. The van der Waals surface area contributed by atoms with Crippen molar-refractivity contribution in [3.8, 4) is 0 Å². The fourth-order valence-electron chi connectivity index (χ4n) is 1.31. The zero-order chi connectivity index (χ0) is 12.4. The maximum absolute atomic E-state index is 13.1. The Balaban J connectivity index is 2.36. The molecule has 17 heavy (non-hydrogen) atoms. The zero-order valence-corrected chi connectivity index (χ0v) is 10.4. The molecule has 0 saturated carbocycles. The van der Waals surface area contributed by atoms with Crippen molar-refractivity contribution >= 4 is 40.0 Å². The number of hydrogen-bond acceptors (Lipinski definition) is 4. The van der Waals surface area contributed by atoms with Gasteiger partial charge in [-0.3, -0.25) is 4.79 Å². The first-order valence-electron chi connectivity index (χ1n) is 4.72. The van der Waals surface area contributed by atoms with Gasteiger partial charge in [0.1, 0.15) is 10.7 Å². The van der Waals surface area contributed by atoms with Crippen LogP contribution < -0.4 is 4.90 Å². The summed E-state index contributed by atoms with van der Waals surface area (Å²) in [5, 5.41) is 0.714. The number of hydrogen-bond donors (Lipinski definition) is 0. The van der Waals surface area contributed by atoms with E-state index in [1.54, 1.807) is 24.1 Å². The predicted molar refractivity (Wildman–Crippen MR) is 67.0 cm³/mol. The van der Waals surface area contributed by atoms with Crippen LogP contribution in [0.5, 0.6) is 0 Å². The lowest BCUT2D eigenvalue weighted by Gasteiger charge is -2.15. The van der Waals surface area contributed by atoms with Gasteiger partial charge in [-0.25, -0.2) is 9.37 Å². The quantitative estimate of drug-likeness (QED) is 0.800. The fourth-order valence-corrected chi connectivity index (χ4v) is 2.36. The SMILES string of the molecule is CN(c1cccc(F)c1)c1nc(Cl)c(C=O)s1. The smallest absolute Gasteiger partial charge is 0.191 e. The standard InChI is InChI=1S/C11H8ClFN2OS/c1-15(8-4-2-3-7(13)5-8)11-14-10(12)9(6-16)17-11/h2-6H,1H3. The molecule has 0 fully saturated rings. The summed E-state index contributed by atoms with van der Waals surface area (Å²) in [7, 11) is 1.73. The molecule has 0 spiro atoms. The van der Waals surface area contributed by atoms with E-state index in [2.05, 4.69) is 4.98 Å². The Morgan fingerprint density at radius 3 is 2.88 bits per heavy atom. The average Bonchev–Trinajstić information content (AvgIpc) is 2.69. The third-order valence-corrected chi connectivity index (χ3v) is 3.65. The van der Waals surface area contributed by atoms with Crippen molar-refractivity contribution in [1.29, 1.82) is 0 Å². The first-order valence-corrected chi connectivity index (χ1v) is 5.92. The van der Waals surface area contributed by atoms with Gasteiger partial charge in [0.05, 0.1) is 0 Å². The number of nitrogens with zero attached hydrogens (tertiary/aromatic N) is 2. The van der Waals surface area contributed by atoms with Gasteiger partial charge in [0, 0.05) is 12.7 Å². The summed E-state index contributed by atoms with van der Waals surface area (Å²) in [6, 6.07) is 6.11. The number of carbonyl (C=O) groups excluding carboxylic acids is 1. The van der Waals surface area contributed by atoms with Gasteiger partial charge in [-0.15, -0.1) is 0 Å². The summed E-state index contributed by atoms with van der Waals surface area (Å²) >= 11 is 6.94. The maximum Gasteiger partial charge on any atom is 0.191 e. The van der Waals surface area contributed by atoms with Crippen LogP contribution in [0.3, 0.4) is 0 Å². The minimum Gasteiger partial charge on any atom is -0.321 e. The molecular formula is C11H8ClFN2OS. The Morgan fingerprint density at radius 2 is 2.29 bits per heavy atom. The van der Waals surface area contributed by atoms with E-state index in [0.29, 0.717) is 22.0 Å². The highest BCUT2D eigenvalue weighted by atomic mass is 35.5. The van der Waals surface area contributed by atoms with E-state index in [9.17, 15) is 9.18 Å². The van der Waals surface area contributed by atoms with Gasteiger partial charge in [0.15, 0.2) is 16.6 Å². The molecule has 0 bridgehead atoms. The van der Waals surface area contributed by atoms with Gasteiger partial charge in [0.25, 0.3) is 0 Å². The minimum absolute atomic E-state index is 0.170. The van der Waals surface area contributed by atoms with Gasteiger partial charge >= 0.3 is 0 Å². The van der Waals surface area contributed by atoms with E-state index in [1.807, 2.05) is 0 Å². The van der Waals surface area contributed by atoms with Crippen molar-refractivity contribution < 1.29 is 9.18 Å². The van der Waals surface area contributed by atoms with Crippen molar-refractivity contribution in [3.63, 3.8) is 0 Å². The Labute approximate surface area is 106 Å². The third-order valence-electron chi connectivity index (χ3n) is 2.19. The number of rotatable bonds is 3. The number of carbonyl (C=O) groups is 1. The van der Waals surface area contributed by atoms with Crippen LogP contribution >= 0.6 is 22.9 Å². The second-order valence-corrected chi connectivity index (χ2v) is 4.68. The molecule has 2 aromatic rings. The number of anilines is 2. The molecule has 0 radical (unpaired) electrons. The molecule has 1 aromatic carbocycles. The molecule has 1 aromatic heterocycles. The molecular weight excluding hydrogens is 263 g/mol. The van der Waals surface area contributed by atoms with E-state index in [0.717, 1.165) is 11.3 Å². The Kier molecular flexibility index (Phi) is 3.40. The highest BCUT2D eigenvalue weighted by Gasteiger charge is 2.13. The van der Waals surface area contributed by atoms with Gasteiger partial charge in [-0.1, -0.05) is 29.0 Å². The van der Waals surface area contributed by atoms with Crippen LogP contribution in [-0.2, 0) is 0 Å². The molecule has 0 aliphatic carbocycles. The van der Waals surface area contributed by atoms with Crippen molar-refractivity contribution in [2.24, 2.45) is 0 Å². The average molecular weight is 271 g/mol. The van der Waals surface area contributed by atoms with Crippen molar-refractivity contribution in [2.75, 3.05) is 11.9 Å². The van der Waals surface area contributed by atoms with Gasteiger partial charge in [-0.2, -0.15) is 0 Å². The maximum atomic E-state index is 13.1. The van der Waals surface area contributed by atoms with Crippen molar-refractivity contribution in [3.05, 3.63) is 40.1 Å². The molecule has 0 unspecified atom stereocenters. The lowest BCUT2D eigenvalue weighted by molar-refractivity contribution is 0.112. The highest BCUT2D eigenvalue weighted by molar-refractivity contribution is 7.17. The van der Waals surface area contributed by atoms with Crippen molar-refractivity contribution in [2.45, 2.75) is 0 Å². The van der Waals surface area contributed by atoms with E-state index >= 15 is 0 Å². The van der Waals surface area contributed by atoms with Crippen LogP contribution in [0.15, 0.2) is 24.3 Å². The molecule has 0 N–H and O–H groups in total. The molecule has 2 rings (SSSR count). The molecule has 0 atom stereocenters. The molecule has 88 valence electrons. The second kappa shape index (κ2) is 4.81. The first kappa shape index (κ1) is 12.0. The van der Waals surface area contributed by atoms with Crippen LogP contribution in [0, 0.1) is 5.82 Å². The van der Waals surface area contributed by atoms with Gasteiger partial charge < -0.3 is 4.90 Å². The van der Waals surface area contributed by atoms with E-state index in [-0.39, 0.29) is 11.0 Å². The number of aromatic nitrogens is 1.